The summed E-state index contributed by atoms with van der Waals surface area (Å²) in [5.41, 5.74) is 2.24. The molecule has 0 aliphatic carbocycles. The van der Waals surface area contributed by atoms with Crippen LogP contribution < -0.4 is 5.32 Å². The third kappa shape index (κ3) is 4.63. The fourth-order valence-corrected chi connectivity index (χ4v) is 5.20. The van der Waals surface area contributed by atoms with Gasteiger partial charge in [-0.15, -0.1) is 0 Å². The molecule has 1 N–H and O–H groups in total. The molecule has 1 aliphatic rings. The van der Waals surface area contributed by atoms with Gasteiger partial charge in [0.15, 0.2) is 0 Å². The summed E-state index contributed by atoms with van der Waals surface area (Å²) in [4.78, 5) is 17.2. The van der Waals surface area contributed by atoms with Gasteiger partial charge in [-0.3, -0.25) is 4.79 Å². The Balaban J connectivity index is 1.53. The number of ether oxygens (including phenoxy) is 1. The molecule has 1 amide bonds. The number of morpholine rings is 1. The van der Waals surface area contributed by atoms with Crippen LogP contribution in [0.25, 0.3) is 11.0 Å². The molecular formula is C22H26N4O4S. The number of carbonyl (C=O) groups excluding carboxylic acids is 1. The number of hydrogen-bond acceptors (Lipinski definition) is 5. The normalized spacial score (nSPS) is 15.3. The first kappa shape index (κ1) is 21.5. The van der Waals surface area contributed by atoms with E-state index in [-0.39, 0.29) is 17.2 Å². The fraction of sp³-hybridized carbons (Fsp3) is 0.364. The Morgan fingerprint density at radius 1 is 1.13 bits per heavy atom. The largest absolute Gasteiger partial charge is 0.379 e. The Kier molecular flexibility index (Phi) is 6.35. The predicted octanol–water partition coefficient (Wildman–Crippen LogP) is 2.65. The molecule has 0 spiro atoms. The zero-order valence-corrected chi connectivity index (χ0v) is 18.3. The van der Waals surface area contributed by atoms with Crippen LogP contribution in [0.5, 0.6) is 0 Å². The number of benzene rings is 2. The number of sulfonamides is 1. The van der Waals surface area contributed by atoms with Gasteiger partial charge in [0.1, 0.15) is 5.82 Å². The molecule has 0 radical (unpaired) electrons. The highest BCUT2D eigenvalue weighted by Gasteiger charge is 2.27. The number of fused-ring (bicyclic) bond motifs is 1. The van der Waals surface area contributed by atoms with Crippen molar-refractivity contribution in [1.82, 2.24) is 13.9 Å². The number of anilines is 1. The smallest absolute Gasteiger partial charge is 0.243 e. The standard InChI is InChI=1S/C22H26N4O4S/c1-2-26-20-9-8-18(31(28,29)25-12-14-30-15-13-25)16-19(20)24-21(26)10-11-22(27)23-17-6-4-3-5-7-17/h3-9,16H,2,10-15H2,1H3,(H,23,27). The second-order valence-electron chi connectivity index (χ2n) is 7.35. The van der Waals surface area contributed by atoms with Crippen molar-refractivity contribution in [2.24, 2.45) is 0 Å². The fourth-order valence-electron chi connectivity index (χ4n) is 3.77. The monoisotopic (exact) mass is 442 g/mol. The Labute approximate surface area is 181 Å². The van der Waals surface area contributed by atoms with Crippen molar-refractivity contribution < 1.29 is 17.9 Å². The van der Waals surface area contributed by atoms with E-state index in [9.17, 15) is 13.2 Å². The van der Waals surface area contributed by atoms with Gasteiger partial charge in [-0.25, -0.2) is 13.4 Å². The Morgan fingerprint density at radius 2 is 1.87 bits per heavy atom. The van der Waals surface area contributed by atoms with E-state index in [2.05, 4.69) is 10.3 Å². The molecule has 2 heterocycles. The number of nitrogens with one attached hydrogen (secondary N) is 1. The molecule has 2 aromatic carbocycles. The molecule has 0 atom stereocenters. The van der Waals surface area contributed by atoms with Crippen LogP contribution in [0.15, 0.2) is 53.4 Å². The molecule has 31 heavy (non-hydrogen) atoms. The van der Waals surface area contributed by atoms with Crippen molar-refractivity contribution in [3.05, 3.63) is 54.4 Å². The molecule has 4 rings (SSSR count). The van der Waals surface area contributed by atoms with Crippen LogP contribution in [0.1, 0.15) is 19.2 Å². The van der Waals surface area contributed by atoms with E-state index in [0.29, 0.717) is 44.8 Å². The van der Waals surface area contributed by atoms with E-state index >= 15 is 0 Å². The van der Waals surface area contributed by atoms with E-state index in [1.165, 1.54) is 4.31 Å². The molecule has 1 fully saturated rings. The van der Waals surface area contributed by atoms with E-state index in [4.69, 9.17) is 4.74 Å². The van der Waals surface area contributed by atoms with Crippen LogP contribution in [-0.2, 0) is 32.5 Å². The minimum atomic E-state index is -3.58. The number of hydrogen-bond donors (Lipinski definition) is 1. The number of aromatic nitrogens is 2. The van der Waals surface area contributed by atoms with Crippen LogP contribution in [0, 0.1) is 0 Å². The van der Waals surface area contributed by atoms with Gasteiger partial charge in [-0.05, 0) is 37.3 Å². The Bertz CT molecular complexity index is 1170. The minimum absolute atomic E-state index is 0.0866. The predicted molar refractivity (Wildman–Crippen MR) is 118 cm³/mol. The third-order valence-electron chi connectivity index (χ3n) is 5.36. The zero-order valence-electron chi connectivity index (χ0n) is 17.5. The first-order valence-electron chi connectivity index (χ1n) is 10.4. The first-order chi connectivity index (χ1) is 15.0. The van der Waals surface area contributed by atoms with Crippen LogP contribution >= 0.6 is 0 Å². The van der Waals surface area contributed by atoms with E-state index in [0.717, 1.165) is 17.0 Å². The van der Waals surface area contributed by atoms with Crippen molar-refractivity contribution in [1.29, 1.82) is 0 Å². The lowest BCUT2D eigenvalue weighted by Crippen LogP contribution is -2.40. The summed E-state index contributed by atoms with van der Waals surface area (Å²) in [5.74, 6) is 0.679. The van der Waals surface area contributed by atoms with E-state index in [1.807, 2.05) is 41.8 Å². The Morgan fingerprint density at radius 3 is 2.58 bits per heavy atom. The highest BCUT2D eigenvalue weighted by Crippen LogP contribution is 2.24. The second-order valence-corrected chi connectivity index (χ2v) is 9.29. The van der Waals surface area contributed by atoms with Crippen LogP contribution in [0.2, 0.25) is 0 Å². The average Bonchev–Trinajstić information content (AvgIpc) is 3.15. The lowest BCUT2D eigenvalue weighted by molar-refractivity contribution is -0.116. The zero-order chi connectivity index (χ0) is 21.8. The Hall–Kier alpha value is -2.75. The number of carbonyl (C=O) groups is 1. The maximum absolute atomic E-state index is 13.0. The van der Waals surface area contributed by atoms with Crippen LogP contribution in [0.3, 0.4) is 0 Å². The summed E-state index contributed by atoms with van der Waals surface area (Å²) in [7, 11) is -3.58. The van der Waals surface area contributed by atoms with Crippen molar-refractivity contribution in [2.45, 2.75) is 31.2 Å². The lowest BCUT2D eigenvalue weighted by Gasteiger charge is -2.26. The summed E-state index contributed by atoms with van der Waals surface area (Å²) in [5, 5.41) is 2.88. The molecule has 1 saturated heterocycles. The van der Waals surface area contributed by atoms with Crippen LogP contribution in [0.4, 0.5) is 5.69 Å². The summed E-state index contributed by atoms with van der Waals surface area (Å²) in [6.07, 6.45) is 0.754. The quantitative estimate of drug-likeness (QED) is 0.607. The van der Waals surface area contributed by atoms with Crippen LogP contribution in [-0.4, -0.2) is 54.5 Å². The van der Waals surface area contributed by atoms with Gasteiger partial charge in [0.2, 0.25) is 15.9 Å². The van der Waals surface area contributed by atoms with Gasteiger partial charge < -0.3 is 14.6 Å². The van der Waals surface area contributed by atoms with Gasteiger partial charge in [-0.1, -0.05) is 18.2 Å². The van der Waals surface area contributed by atoms with Crippen molar-refractivity contribution in [3.8, 4) is 0 Å². The number of para-hydroxylation sites is 1. The van der Waals surface area contributed by atoms with Gasteiger partial charge in [-0.2, -0.15) is 4.31 Å². The molecule has 164 valence electrons. The molecule has 0 unspecified atom stereocenters. The number of imidazole rings is 1. The summed E-state index contributed by atoms with van der Waals surface area (Å²) < 4.78 is 34.7. The summed E-state index contributed by atoms with van der Waals surface area (Å²) in [6, 6.07) is 14.4. The highest BCUT2D eigenvalue weighted by molar-refractivity contribution is 7.89. The van der Waals surface area contributed by atoms with Crippen molar-refractivity contribution in [3.63, 3.8) is 0 Å². The number of rotatable bonds is 7. The second kappa shape index (κ2) is 9.17. The lowest BCUT2D eigenvalue weighted by atomic mass is 10.2. The maximum atomic E-state index is 13.0. The molecular weight excluding hydrogens is 416 g/mol. The third-order valence-corrected chi connectivity index (χ3v) is 7.25. The molecule has 0 bridgehead atoms. The molecule has 1 aliphatic heterocycles. The van der Waals surface area contributed by atoms with Crippen molar-refractivity contribution >= 4 is 32.7 Å². The molecule has 9 heteroatoms. The summed E-state index contributed by atoms with van der Waals surface area (Å²) >= 11 is 0. The minimum Gasteiger partial charge on any atom is -0.379 e. The van der Waals surface area contributed by atoms with Gasteiger partial charge in [0, 0.05) is 38.2 Å². The van der Waals surface area contributed by atoms with Gasteiger partial charge >= 0.3 is 0 Å². The average molecular weight is 443 g/mol. The van der Waals surface area contributed by atoms with E-state index in [1.54, 1.807) is 18.2 Å². The molecule has 3 aromatic rings. The molecule has 0 saturated carbocycles. The first-order valence-corrected chi connectivity index (χ1v) is 11.8. The number of nitrogens with zero attached hydrogens (tertiary/aromatic N) is 3. The summed E-state index contributed by atoms with van der Waals surface area (Å²) in [6.45, 7) is 4.20. The molecule has 8 nitrogen and oxygen atoms in total. The maximum Gasteiger partial charge on any atom is 0.243 e. The SMILES string of the molecule is CCn1c(CCC(=O)Nc2ccccc2)nc2cc(S(=O)(=O)N3CCOCC3)ccc21. The molecule has 1 aromatic heterocycles. The van der Waals surface area contributed by atoms with E-state index < -0.39 is 10.0 Å². The highest BCUT2D eigenvalue weighted by atomic mass is 32.2. The van der Waals surface area contributed by atoms with Crippen molar-refractivity contribution in [2.75, 3.05) is 31.6 Å². The number of amides is 1. The van der Waals surface area contributed by atoms with Gasteiger partial charge in [0.05, 0.1) is 29.1 Å². The van der Waals surface area contributed by atoms with Gasteiger partial charge in [0.25, 0.3) is 0 Å². The topological polar surface area (TPSA) is 93.5 Å². The number of aryl methyl sites for hydroxylation is 2.